The zero-order chi connectivity index (χ0) is 15.2. The van der Waals surface area contributed by atoms with Gasteiger partial charge in [-0.05, 0) is 42.8 Å². The predicted molar refractivity (Wildman–Crippen MR) is 87.5 cm³/mol. The number of rotatable bonds is 5. The molecule has 1 amide bonds. The van der Waals surface area contributed by atoms with E-state index in [1.54, 1.807) is 13.0 Å². The van der Waals surface area contributed by atoms with Crippen LogP contribution in [-0.2, 0) is 11.3 Å². The van der Waals surface area contributed by atoms with Crippen LogP contribution in [0.5, 0.6) is 5.75 Å². The van der Waals surface area contributed by atoms with E-state index in [4.69, 9.17) is 16.3 Å². The Bertz CT molecular complexity index is 616. The van der Waals surface area contributed by atoms with Crippen LogP contribution in [-0.4, -0.2) is 12.0 Å². The molecule has 0 spiro atoms. The zero-order valence-electron chi connectivity index (χ0n) is 11.5. The van der Waals surface area contributed by atoms with Crippen molar-refractivity contribution < 1.29 is 9.53 Å². The van der Waals surface area contributed by atoms with Crippen molar-refractivity contribution in [2.24, 2.45) is 0 Å². The number of ether oxygens (including phenoxy) is 1. The number of amides is 1. The monoisotopic (exact) mass is 367 g/mol. The highest BCUT2D eigenvalue weighted by atomic mass is 79.9. The summed E-state index contributed by atoms with van der Waals surface area (Å²) in [5, 5.41) is 3.45. The summed E-state index contributed by atoms with van der Waals surface area (Å²) in [4.78, 5) is 12.0. The van der Waals surface area contributed by atoms with Gasteiger partial charge in [-0.3, -0.25) is 4.79 Å². The summed E-state index contributed by atoms with van der Waals surface area (Å²) in [6, 6.07) is 14.8. The largest absolute Gasteiger partial charge is 0.481 e. The molecule has 0 unspecified atom stereocenters. The standard InChI is InChI=1S/C16H15BrClNO2/c1-11(21-14-8-6-13(17)7-9-14)16(20)19-10-12-4-2-3-5-15(12)18/h2-9,11H,10H2,1H3,(H,19,20)/t11-/m1/s1. The molecule has 0 saturated heterocycles. The minimum absolute atomic E-state index is 0.183. The van der Waals surface area contributed by atoms with Crippen LogP contribution in [0.1, 0.15) is 12.5 Å². The Morgan fingerprint density at radius 1 is 1.24 bits per heavy atom. The van der Waals surface area contributed by atoms with E-state index in [0.717, 1.165) is 10.0 Å². The lowest BCUT2D eigenvalue weighted by atomic mass is 10.2. The van der Waals surface area contributed by atoms with E-state index >= 15 is 0 Å². The molecule has 1 N–H and O–H groups in total. The summed E-state index contributed by atoms with van der Waals surface area (Å²) >= 11 is 9.40. The molecule has 0 aromatic heterocycles. The normalized spacial score (nSPS) is 11.8. The van der Waals surface area contributed by atoms with Crippen LogP contribution in [0.4, 0.5) is 0 Å². The van der Waals surface area contributed by atoms with Crippen molar-refractivity contribution in [1.29, 1.82) is 0 Å². The van der Waals surface area contributed by atoms with Gasteiger partial charge in [-0.15, -0.1) is 0 Å². The van der Waals surface area contributed by atoms with Gasteiger partial charge in [-0.25, -0.2) is 0 Å². The Balaban J connectivity index is 1.88. The lowest BCUT2D eigenvalue weighted by molar-refractivity contribution is -0.127. The average molecular weight is 369 g/mol. The number of carbonyl (C=O) groups excluding carboxylic acids is 1. The molecule has 2 aromatic carbocycles. The number of hydrogen-bond acceptors (Lipinski definition) is 2. The molecular formula is C16H15BrClNO2. The molecule has 0 aliphatic rings. The minimum atomic E-state index is -0.575. The molecule has 0 heterocycles. The molecule has 0 aliphatic carbocycles. The van der Waals surface area contributed by atoms with Crippen LogP contribution >= 0.6 is 27.5 Å². The van der Waals surface area contributed by atoms with Crippen LogP contribution < -0.4 is 10.1 Å². The van der Waals surface area contributed by atoms with E-state index < -0.39 is 6.10 Å². The highest BCUT2D eigenvalue weighted by Gasteiger charge is 2.14. The third kappa shape index (κ3) is 4.76. The molecule has 0 bridgehead atoms. The fraction of sp³-hybridized carbons (Fsp3) is 0.188. The third-order valence-electron chi connectivity index (χ3n) is 2.91. The fourth-order valence-corrected chi connectivity index (χ4v) is 2.21. The minimum Gasteiger partial charge on any atom is -0.481 e. The van der Waals surface area contributed by atoms with E-state index in [0.29, 0.717) is 17.3 Å². The lowest BCUT2D eigenvalue weighted by Crippen LogP contribution is -2.35. The van der Waals surface area contributed by atoms with Crippen LogP contribution in [0.15, 0.2) is 53.0 Å². The smallest absolute Gasteiger partial charge is 0.261 e. The second kappa shape index (κ2) is 7.48. The van der Waals surface area contributed by atoms with Gasteiger partial charge in [0.15, 0.2) is 6.10 Å². The van der Waals surface area contributed by atoms with Crippen molar-refractivity contribution >= 4 is 33.4 Å². The molecule has 2 rings (SSSR count). The van der Waals surface area contributed by atoms with Gasteiger partial charge in [0.1, 0.15) is 5.75 Å². The molecule has 0 radical (unpaired) electrons. The van der Waals surface area contributed by atoms with Gasteiger partial charge in [-0.2, -0.15) is 0 Å². The quantitative estimate of drug-likeness (QED) is 0.859. The Labute approximate surface area is 137 Å². The van der Waals surface area contributed by atoms with E-state index in [1.807, 2.05) is 42.5 Å². The van der Waals surface area contributed by atoms with Crippen molar-refractivity contribution in [2.45, 2.75) is 19.6 Å². The molecule has 21 heavy (non-hydrogen) atoms. The van der Waals surface area contributed by atoms with Gasteiger partial charge in [0.2, 0.25) is 0 Å². The van der Waals surface area contributed by atoms with Crippen LogP contribution in [0.25, 0.3) is 0 Å². The van der Waals surface area contributed by atoms with Crippen molar-refractivity contribution in [3.63, 3.8) is 0 Å². The van der Waals surface area contributed by atoms with Gasteiger partial charge >= 0.3 is 0 Å². The first-order valence-corrected chi connectivity index (χ1v) is 7.66. The van der Waals surface area contributed by atoms with E-state index in [-0.39, 0.29) is 5.91 Å². The zero-order valence-corrected chi connectivity index (χ0v) is 13.8. The first kappa shape index (κ1) is 15.9. The summed E-state index contributed by atoms with van der Waals surface area (Å²) in [6.45, 7) is 2.09. The van der Waals surface area contributed by atoms with Gasteiger partial charge in [0.25, 0.3) is 5.91 Å². The molecule has 3 nitrogen and oxygen atoms in total. The summed E-state index contributed by atoms with van der Waals surface area (Å²) in [5.74, 6) is 0.469. The van der Waals surface area contributed by atoms with E-state index in [9.17, 15) is 4.79 Å². The molecule has 110 valence electrons. The van der Waals surface area contributed by atoms with Crippen molar-refractivity contribution in [3.8, 4) is 5.75 Å². The second-order valence-electron chi connectivity index (χ2n) is 4.52. The van der Waals surface area contributed by atoms with Gasteiger partial charge in [0.05, 0.1) is 0 Å². The highest BCUT2D eigenvalue weighted by Crippen LogP contribution is 2.18. The van der Waals surface area contributed by atoms with Crippen molar-refractivity contribution in [2.75, 3.05) is 0 Å². The van der Waals surface area contributed by atoms with E-state index in [1.165, 1.54) is 0 Å². The molecule has 0 fully saturated rings. The van der Waals surface area contributed by atoms with Crippen LogP contribution in [0.3, 0.4) is 0 Å². The molecule has 0 aliphatic heterocycles. The number of benzene rings is 2. The Hall–Kier alpha value is -1.52. The molecule has 2 aromatic rings. The van der Waals surface area contributed by atoms with E-state index in [2.05, 4.69) is 21.2 Å². The van der Waals surface area contributed by atoms with Crippen molar-refractivity contribution in [1.82, 2.24) is 5.32 Å². The van der Waals surface area contributed by atoms with Gasteiger partial charge in [0, 0.05) is 16.0 Å². The summed E-state index contributed by atoms with van der Waals surface area (Å²) in [6.07, 6.45) is -0.575. The molecule has 5 heteroatoms. The predicted octanol–water partition coefficient (Wildman–Crippen LogP) is 4.19. The maximum absolute atomic E-state index is 12.0. The number of nitrogens with one attached hydrogen (secondary N) is 1. The van der Waals surface area contributed by atoms with Crippen molar-refractivity contribution in [3.05, 3.63) is 63.6 Å². The van der Waals surface area contributed by atoms with Gasteiger partial charge < -0.3 is 10.1 Å². The first-order chi connectivity index (χ1) is 10.1. The summed E-state index contributed by atoms with van der Waals surface area (Å²) < 4.78 is 6.55. The Morgan fingerprint density at radius 3 is 2.57 bits per heavy atom. The highest BCUT2D eigenvalue weighted by molar-refractivity contribution is 9.10. The Kier molecular flexibility index (Phi) is 5.65. The van der Waals surface area contributed by atoms with Crippen LogP contribution in [0.2, 0.25) is 5.02 Å². The number of halogens is 2. The average Bonchev–Trinajstić information content (AvgIpc) is 2.48. The number of carbonyl (C=O) groups is 1. The first-order valence-electron chi connectivity index (χ1n) is 6.49. The maximum atomic E-state index is 12.0. The molecular weight excluding hydrogens is 354 g/mol. The van der Waals surface area contributed by atoms with Crippen LogP contribution in [0, 0.1) is 0 Å². The second-order valence-corrected chi connectivity index (χ2v) is 5.85. The summed E-state index contributed by atoms with van der Waals surface area (Å²) in [5.41, 5.74) is 0.878. The lowest BCUT2D eigenvalue weighted by Gasteiger charge is -2.15. The number of hydrogen-bond donors (Lipinski definition) is 1. The topological polar surface area (TPSA) is 38.3 Å². The fourth-order valence-electron chi connectivity index (χ4n) is 1.74. The maximum Gasteiger partial charge on any atom is 0.261 e. The molecule has 1 atom stereocenters. The molecule has 0 saturated carbocycles. The summed E-state index contributed by atoms with van der Waals surface area (Å²) in [7, 11) is 0. The Morgan fingerprint density at radius 2 is 1.90 bits per heavy atom. The third-order valence-corrected chi connectivity index (χ3v) is 3.80. The SMILES string of the molecule is C[C@@H](Oc1ccc(Br)cc1)C(=O)NCc1ccccc1Cl. The van der Waals surface area contributed by atoms with Gasteiger partial charge in [-0.1, -0.05) is 45.7 Å².